The van der Waals surface area contributed by atoms with Crippen LogP contribution in [0.4, 0.5) is 0 Å². The van der Waals surface area contributed by atoms with Crippen molar-refractivity contribution in [2.75, 3.05) is 0 Å². The number of hydrogen-bond donors (Lipinski definition) is 0. The third-order valence-corrected chi connectivity index (χ3v) is 1.03. The largest absolute Gasteiger partial charge is 0.145 e. The summed E-state index contributed by atoms with van der Waals surface area (Å²) in [5.74, 6) is 2.14. The minimum Gasteiger partial charge on any atom is -0.119 e. The van der Waals surface area contributed by atoms with E-state index in [4.69, 9.17) is 0 Å². The Hall–Kier alpha value is -0.455. The first-order chi connectivity index (χ1) is 3.39. The van der Waals surface area contributed by atoms with E-state index < -0.39 is 0 Å². The van der Waals surface area contributed by atoms with Crippen molar-refractivity contribution >= 4 is 7.28 Å². The molecule has 0 saturated heterocycles. The molecule has 0 spiro atoms. The van der Waals surface area contributed by atoms with Crippen LogP contribution in [0.15, 0.2) is 23.7 Å². The van der Waals surface area contributed by atoms with E-state index in [1.807, 2.05) is 0 Å². The van der Waals surface area contributed by atoms with E-state index in [9.17, 15) is 0 Å². The van der Waals surface area contributed by atoms with Gasteiger partial charge in [0.05, 0.1) is 0 Å². The lowest BCUT2D eigenvalue weighted by Crippen LogP contribution is -1.87. The molecule has 1 rings (SSSR count). The topological polar surface area (TPSA) is 0 Å². The quantitative estimate of drug-likeness (QED) is 0.397. The molecule has 0 amide bonds. The van der Waals surface area contributed by atoms with Crippen LogP contribution in [0.2, 0.25) is 6.32 Å². The van der Waals surface area contributed by atoms with Crippen LogP contribution in [0.25, 0.3) is 0 Å². The molecule has 1 aliphatic rings. The molecule has 1 radical (unpaired) electrons. The summed E-state index contributed by atoms with van der Waals surface area (Å²) in [5, 5.41) is 0. The lowest BCUT2D eigenvalue weighted by Gasteiger charge is -1.95. The number of allylic oxidation sites excluding steroid dienone is 3. The Morgan fingerprint density at radius 2 is 2.57 bits per heavy atom. The van der Waals surface area contributed by atoms with Crippen LogP contribution in [0, 0.1) is 0 Å². The van der Waals surface area contributed by atoms with E-state index >= 15 is 0 Å². The highest BCUT2D eigenvalue weighted by molar-refractivity contribution is 6.43. The Kier molecular flexibility index (Phi) is 1.35. The molecule has 0 nitrogen and oxygen atoms in total. The fraction of sp³-hybridized carbons (Fsp3) is 0.333. The maximum Gasteiger partial charge on any atom is 0.145 e. The van der Waals surface area contributed by atoms with E-state index in [1.54, 1.807) is 0 Å². The van der Waals surface area contributed by atoms with Gasteiger partial charge in [-0.2, -0.15) is 0 Å². The van der Waals surface area contributed by atoms with Gasteiger partial charge in [-0.3, -0.25) is 0 Å². The molecule has 0 aromatic heterocycles. The normalized spacial score (nSPS) is 18.1. The molecule has 0 N–H and O–H groups in total. The summed E-state index contributed by atoms with van der Waals surface area (Å²) in [6.07, 6.45) is 5.41. The Morgan fingerprint density at radius 3 is 2.86 bits per heavy atom. The lowest BCUT2D eigenvalue weighted by atomic mass is 9.70. The van der Waals surface area contributed by atoms with Crippen molar-refractivity contribution in [2.24, 2.45) is 0 Å². The minimum absolute atomic E-state index is 1.11. The second-order valence-corrected chi connectivity index (χ2v) is 1.78. The van der Waals surface area contributed by atoms with Crippen molar-refractivity contribution in [3.63, 3.8) is 0 Å². The minimum atomic E-state index is 1.11. The molecule has 1 aliphatic heterocycles. The zero-order chi connectivity index (χ0) is 5.11. The van der Waals surface area contributed by atoms with Gasteiger partial charge >= 0.3 is 0 Å². The van der Waals surface area contributed by atoms with Crippen LogP contribution in [0.3, 0.4) is 0 Å². The Bertz CT molecular complexity index is 111. The van der Waals surface area contributed by atoms with Crippen LogP contribution in [0.1, 0.15) is 6.92 Å². The first kappa shape index (κ1) is 4.70. The van der Waals surface area contributed by atoms with Crippen LogP contribution in [0.5, 0.6) is 0 Å². The summed E-state index contributed by atoms with van der Waals surface area (Å²) < 4.78 is 0. The first-order valence-electron chi connectivity index (χ1n) is 2.56. The third-order valence-electron chi connectivity index (χ3n) is 1.03. The van der Waals surface area contributed by atoms with E-state index in [2.05, 4.69) is 32.3 Å². The van der Waals surface area contributed by atoms with Crippen molar-refractivity contribution in [1.29, 1.82) is 0 Å². The maximum absolute atomic E-state index is 2.16. The van der Waals surface area contributed by atoms with E-state index in [0.717, 1.165) is 6.32 Å². The SMILES string of the molecule is CC1=C[B]CC=C1. The maximum atomic E-state index is 2.16. The van der Waals surface area contributed by atoms with Gasteiger partial charge in [0.15, 0.2) is 0 Å². The van der Waals surface area contributed by atoms with Gasteiger partial charge in [0, 0.05) is 0 Å². The predicted octanol–water partition coefficient (Wildman–Crippen LogP) is 1.58. The van der Waals surface area contributed by atoms with Gasteiger partial charge < -0.3 is 0 Å². The molecule has 0 fully saturated rings. The molecular weight excluding hydrogens is 82.9 g/mol. The van der Waals surface area contributed by atoms with Crippen molar-refractivity contribution in [3.05, 3.63) is 23.7 Å². The molecular formula is C6H8B. The van der Waals surface area contributed by atoms with E-state index in [-0.39, 0.29) is 0 Å². The van der Waals surface area contributed by atoms with Crippen molar-refractivity contribution in [2.45, 2.75) is 13.2 Å². The fourth-order valence-electron chi connectivity index (χ4n) is 0.642. The van der Waals surface area contributed by atoms with Crippen LogP contribution < -0.4 is 0 Å². The van der Waals surface area contributed by atoms with Crippen molar-refractivity contribution in [1.82, 2.24) is 0 Å². The Balaban J connectivity index is 2.58. The van der Waals surface area contributed by atoms with Crippen LogP contribution in [-0.4, -0.2) is 7.28 Å². The molecule has 0 unspecified atom stereocenters. The summed E-state index contributed by atoms with van der Waals surface area (Å²) in [6, 6.07) is 0. The molecule has 0 bridgehead atoms. The molecule has 1 heterocycles. The average Bonchev–Trinajstić information content (AvgIpc) is 1.69. The number of hydrogen-bond acceptors (Lipinski definition) is 0. The zero-order valence-electron chi connectivity index (χ0n) is 4.52. The van der Waals surface area contributed by atoms with Crippen LogP contribution >= 0.6 is 0 Å². The molecule has 1 heteroatoms. The average molecular weight is 90.9 g/mol. The molecule has 0 aromatic carbocycles. The summed E-state index contributed by atoms with van der Waals surface area (Å²) in [4.78, 5) is 0. The van der Waals surface area contributed by atoms with Gasteiger partial charge in [0.1, 0.15) is 7.28 Å². The summed E-state index contributed by atoms with van der Waals surface area (Å²) >= 11 is 0. The van der Waals surface area contributed by atoms with Gasteiger partial charge in [0.25, 0.3) is 0 Å². The third kappa shape index (κ3) is 1.22. The molecule has 0 aliphatic carbocycles. The lowest BCUT2D eigenvalue weighted by molar-refractivity contribution is 1.48. The van der Waals surface area contributed by atoms with Gasteiger partial charge in [-0.05, 0) is 6.92 Å². The van der Waals surface area contributed by atoms with Gasteiger partial charge in [-0.1, -0.05) is 24.0 Å². The number of rotatable bonds is 0. The smallest absolute Gasteiger partial charge is 0.119 e. The standard InChI is InChI=1S/C6H8B/c1-6-3-2-4-7-5-6/h2-3,5H,4H2,1H3. The van der Waals surface area contributed by atoms with Gasteiger partial charge in [0.2, 0.25) is 0 Å². The predicted molar refractivity (Wildman–Crippen MR) is 33.5 cm³/mol. The Labute approximate surface area is 45.2 Å². The highest BCUT2D eigenvalue weighted by Crippen LogP contribution is 2.01. The van der Waals surface area contributed by atoms with Crippen molar-refractivity contribution < 1.29 is 0 Å². The Morgan fingerprint density at radius 1 is 1.71 bits per heavy atom. The molecule has 35 valence electrons. The van der Waals surface area contributed by atoms with E-state index in [1.165, 1.54) is 5.57 Å². The summed E-state index contributed by atoms with van der Waals surface area (Å²) in [6.45, 7) is 2.10. The second kappa shape index (κ2) is 2.01. The first-order valence-corrected chi connectivity index (χ1v) is 2.56. The second-order valence-electron chi connectivity index (χ2n) is 1.78. The van der Waals surface area contributed by atoms with Gasteiger partial charge in [-0.25, -0.2) is 0 Å². The van der Waals surface area contributed by atoms with Crippen molar-refractivity contribution in [3.8, 4) is 0 Å². The fourth-order valence-corrected chi connectivity index (χ4v) is 0.642. The molecule has 0 aromatic rings. The summed E-state index contributed by atoms with van der Waals surface area (Å²) in [7, 11) is 2.16. The zero-order valence-corrected chi connectivity index (χ0v) is 4.52. The highest BCUT2D eigenvalue weighted by atomic mass is 13.8. The monoisotopic (exact) mass is 91.1 g/mol. The summed E-state index contributed by atoms with van der Waals surface area (Å²) in [5.41, 5.74) is 1.35. The molecule has 0 atom stereocenters. The van der Waals surface area contributed by atoms with Crippen LogP contribution in [-0.2, 0) is 0 Å². The molecule has 0 saturated carbocycles. The molecule has 7 heavy (non-hydrogen) atoms. The highest BCUT2D eigenvalue weighted by Gasteiger charge is 1.88. The van der Waals surface area contributed by atoms with E-state index in [0.29, 0.717) is 0 Å². The van der Waals surface area contributed by atoms with Gasteiger partial charge in [-0.15, -0.1) is 5.98 Å².